The predicted octanol–water partition coefficient (Wildman–Crippen LogP) is 3.75. The van der Waals surface area contributed by atoms with Crippen LogP contribution in [0.1, 0.15) is 36.9 Å². The molecule has 1 saturated heterocycles. The minimum Gasteiger partial charge on any atom is -0.349 e. The molecular weight excluding hydrogens is 469 g/mol. The molecular formula is C24H26FN7O2S. The van der Waals surface area contributed by atoms with Gasteiger partial charge in [0.1, 0.15) is 17.8 Å². The van der Waals surface area contributed by atoms with Crippen molar-refractivity contribution >= 4 is 32.8 Å². The zero-order chi connectivity index (χ0) is 24.6. The lowest BCUT2D eigenvalue weighted by molar-refractivity contribution is 0.488. The number of aryl methyl sites for hydroxylation is 1. The van der Waals surface area contributed by atoms with Crippen LogP contribution in [0.4, 0.5) is 21.7 Å². The van der Waals surface area contributed by atoms with Crippen LogP contribution in [-0.4, -0.2) is 52.1 Å². The van der Waals surface area contributed by atoms with Crippen molar-refractivity contribution in [2.75, 3.05) is 29.6 Å². The summed E-state index contributed by atoms with van der Waals surface area (Å²) < 4.78 is 39.9. The van der Waals surface area contributed by atoms with Crippen molar-refractivity contribution in [3.63, 3.8) is 0 Å². The summed E-state index contributed by atoms with van der Waals surface area (Å²) in [4.78, 5) is 20.0. The fourth-order valence-electron chi connectivity index (χ4n) is 4.36. The number of imidazole rings is 1. The molecule has 1 N–H and O–H groups in total. The highest BCUT2D eigenvalue weighted by Crippen LogP contribution is 2.32. The molecule has 5 rings (SSSR count). The van der Waals surface area contributed by atoms with Gasteiger partial charge in [-0.1, -0.05) is 6.92 Å². The number of hydrogen-bond donors (Lipinski definition) is 1. The molecule has 0 amide bonds. The lowest BCUT2D eigenvalue weighted by Crippen LogP contribution is -2.34. The number of piperidine rings is 1. The van der Waals surface area contributed by atoms with Crippen LogP contribution in [0.5, 0.6) is 0 Å². The molecule has 0 aliphatic carbocycles. The Balaban J connectivity index is 1.34. The minimum atomic E-state index is -3.49. The monoisotopic (exact) mass is 495 g/mol. The summed E-state index contributed by atoms with van der Waals surface area (Å²) in [6, 6.07) is 3.79. The highest BCUT2D eigenvalue weighted by Gasteiger charge is 2.25. The van der Waals surface area contributed by atoms with Gasteiger partial charge in [-0.2, -0.15) is 0 Å². The summed E-state index contributed by atoms with van der Waals surface area (Å²) in [5, 5.41) is 3.01. The zero-order valence-electron chi connectivity index (χ0n) is 19.5. The van der Waals surface area contributed by atoms with Gasteiger partial charge in [0.15, 0.2) is 15.5 Å². The lowest BCUT2D eigenvalue weighted by Gasteiger charge is -2.31. The van der Waals surface area contributed by atoms with Crippen molar-refractivity contribution in [1.82, 2.24) is 24.3 Å². The molecule has 9 nitrogen and oxygen atoms in total. The normalized spacial score (nSPS) is 15.0. The first-order chi connectivity index (χ1) is 16.8. The average molecular weight is 496 g/mol. The smallest absolute Gasteiger partial charge is 0.225 e. The fourth-order valence-corrected chi connectivity index (χ4v) is 4.99. The molecule has 1 aliphatic rings. The lowest BCUT2D eigenvalue weighted by atomic mass is 9.94. The second-order valence-corrected chi connectivity index (χ2v) is 10.7. The number of anilines is 3. The fraction of sp³-hybridized carbons (Fsp3) is 0.333. The first-order valence-electron chi connectivity index (χ1n) is 11.5. The summed E-state index contributed by atoms with van der Waals surface area (Å²) in [7, 11) is -3.49. The van der Waals surface area contributed by atoms with E-state index in [1.54, 1.807) is 12.5 Å². The van der Waals surface area contributed by atoms with E-state index < -0.39 is 15.7 Å². The number of benzene rings is 1. The van der Waals surface area contributed by atoms with Crippen LogP contribution >= 0.6 is 0 Å². The van der Waals surface area contributed by atoms with Crippen LogP contribution in [0.15, 0.2) is 54.2 Å². The summed E-state index contributed by atoms with van der Waals surface area (Å²) in [6.45, 7) is 3.76. The molecule has 4 aromatic rings. The molecule has 11 heteroatoms. The summed E-state index contributed by atoms with van der Waals surface area (Å²) in [5.74, 6) is 0.387. The van der Waals surface area contributed by atoms with Gasteiger partial charge in [0.05, 0.1) is 16.8 Å². The quantitative estimate of drug-likeness (QED) is 0.431. The average Bonchev–Trinajstić information content (AvgIpc) is 3.30. The summed E-state index contributed by atoms with van der Waals surface area (Å²) in [6.07, 6.45) is 12.7. The Morgan fingerprint density at radius 2 is 1.80 bits per heavy atom. The first kappa shape index (κ1) is 23.2. The maximum absolute atomic E-state index is 14.6. The highest BCUT2D eigenvalue weighted by atomic mass is 32.2. The molecule has 35 heavy (non-hydrogen) atoms. The van der Waals surface area contributed by atoms with Crippen LogP contribution in [0, 0.1) is 5.82 Å². The Labute approximate surface area is 203 Å². The molecule has 0 atom stereocenters. The Hall–Kier alpha value is -3.60. The van der Waals surface area contributed by atoms with E-state index in [2.05, 4.69) is 37.1 Å². The number of sulfone groups is 1. The van der Waals surface area contributed by atoms with Gasteiger partial charge in [0.2, 0.25) is 5.95 Å². The van der Waals surface area contributed by atoms with Gasteiger partial charge in [-0.15, -0.1) is 0 Å². The number of fused-ring (bicyclic) bond motifs is 1. The molecule has 1 aliphatic heterocycles. The Kier molecular flexibility index (Phi) is 6.10. The molecule has 0 spiro atoms. The Bertz CT molecular complexity index is 1460. The van der Waals surface area contributed by atoms with Gasteiger partial charge >= 0.3 is 0 Å². The molecule has 3 aromatic heterocycles. The van der Waals surface area contributed by atoms with Gasteiger partial charge in [-0.05, 0) is 43.0 Å². The summed E-state index contributed by atoms with van der Waals surface area (Å²) >= 11 is 0. The number of halogens is 1. The van der Waals surface area contributed by atoms with Crippen molar-refractivity contribution in [3.8, 4) is 0 Å². The van der Waals surface area contributed by atoms with Crippen molar-refractivity contribution in [1.29, 1.82) is 0 Å². The second kappa shape index (κ2) is 9.21. The third-order valence-corrected chi connectivity index (χ3v) is 7.50. The van der Waals surface area contributed by atoms with Crippen LogP contribution in [0.25, 0.3) is 5.65 Å². The largest absolute Gasteiger partial charge is 0.349 e. The predicted molar refractivity (Wildman–Crippen MR) is 131 cm³/mol. The standard InChI is InChI=1S/C24H26FN7O2S/c1-3-16-11-28-24(29-12-16)31-8-6-17(7-9-31)22-14-27-23-21(13-26-15-32(22)23)30-20-5-4-18(10-19(20)25)35(2,33)34/h4-5,10-15,17,30H,3,6-9H2,1-2H3. The van der Waals surface area contributed by atoms with Crippen LogP contribution < -0.4 is 10.2 Å². The number of aromatic nitrogens is 5. The zero-order valence-corrected chi connectivity index (χ0v) is 20.3. The Morgan fingerprint density at radius 1 is 1.06 bits per heavy atom. The van der Waals surface area contributed by atoms with Crippen molar-refractivity contribution in [3.05, 3.63) is 66.4 Å². The van der Waals surface area contributed by atoms with E-state index in [0.29, 0.717) is 17.3 Å². The van der Waals surface area contributed by atoms with Gasteiger partial charge < -0.3 is 10.2 Å². The van der Waals surface area contributed by atoms with E-state index in [1.807, 2.05) is 23.0 Å². The maximum atomic E-state index is 14.6. The van der Waals surface area contributed by atoms with E-state index in [-0.39, 0.29) is 10.6 Å². The molecule has 0 radical (unpaired) electrons. The second-order valence-electron chi connectivity index (χ2n) is 8.73. The van der Waals surface area contributed by atoms with Gasteiger partial charge in [0.25, 0.3) is 0 Å². The molecule has 0 saturated carbocycles. The van der Waals surface area contributed by atoms with Gasteiger partial charge in [-0.3, -0.25) is 4.40 Å². The van der Waals surface area contributed by atoms with Gasteiger partial charge in [-0.25, -0.2) is 32.7 Å². The Morgan fingerprint density at radius 3 is 2.46 bits per heavy atom. The van der Waals surface area contributed by atoms with Gasteiger partial charge in [0, 0.05) is 49.5 Å². The minimum absolute atomic E-state index is 0.0713. The van der Waals surface area contributed by atoms with Crippen molar-refractivity contribution in [2.24, 2.45) is 0 Å². The molecule has 182 valence electrons. The number of nitrogens with zero attached hydrogens (tertiary/aromatic N) is 6. The third kappa shape index (κ3) is 4.68. The van der Waals surface area contributed by atoms with Crippen LogP contribution in [-0.2, 0) is 16.3 Å². The summed E-state index contributed by atoms with van der Waals surface area (Å²) in [5.41, 5.74) is 3.48. The molecule has 0 unspecified atom stereocenters. The maximum Gasteiger partial charge on any atom is 0.225 e. The molecule has 4 heterocycles. The molecule has 1 fully saturated rings. The van der Waals surface area contributed by atoms with E-state index in [4.69, 9.17) is 0 Å². The number of nitrogens with one attached hydrogen (secondary N) is 1. The van der Waals surface area contributed by atoms with Crippen LogP contribution in [0.3, 0.4) is 0 Å². The van der Waals surface area contributed by atoms with Crippen molar-refractivity contribution in [2.45, 2.75) is 37.0 Å². The number of rotatable bonds is 6. The van der Waals surface area contributed by atoms with E-state index in [9.17, 15) is 12.8 Å². The topological polar surface area (TPSA) is 105 Å². The van der Waals surface area contributed by atoms with E-state index in [1.165, 1.54) is 12.1 Å². The van der Waals surface area contributed by atoms with E-state index in [0.717, 1.165) is 61.9 Å². The SMILES string of the molecule is CCc1cnc(N2CCC(c3cnc4c(Nc5ccc(S(C)(=O)=O)cc5F)cncn34)CC2)nc1. The third-order valence-electron chi connectivity index (χ3n) is 6.39. The van der Waals surface area contributed by atoms with Crippen molar-refractivity contribution < 1.29 is 12.8 Å². The van der Waals surface area contributed by atoms with E-state index >= 15 is 0 Å². The molecule has 0 bridgehead atoms. The van der Waals surface area contributed by atoms with Crippen LogP contribution in [0.2, 0.25) is 0 Å². The first-order valence-corrected chi connectivity index (χ1v) is 13.4. The number of hydrogen-bond acceptors (Lipinski definition) is 8. The molecule has 1 aromatic carbocycles. The highest BCUT2D eigenvalue weighted by molar-refractivity contribution is 7.90.